The molecule has 1 aliphatic heterocycles. The van der Waals surface area contributed by atoms with E-state index in [0.29, 0.717) is 18.5 Å². The molecule has 0 N–H and O–H groups in total. The molecule has 2 amide bonds. The number of hydrogen-bond donors (Lipinski definition) is 0. The fourth-order valence-electron chi connectivity index (χ4n) is 2.80. The molecule has 102 valence electrons. The highest BCUT2D eigenvalue weighted by molar-refractivity contribution is 6.22. The summed E-state index contributed by atoms with van der Waals surface area (Å²) in [6, 6.07) is 5.61. The SMILES string of the molecule is O=C([O-])c1ccc(N2C(=O)[C@@H]3CC=CC[C@H]3C2=O)cc1. The summed E-state index contributed by atoms with van der Waals surface area (Å²) in [4.78, 5) is 36.5. The molecular formula is C15H12NO4-. The summed E-state index contributed by atoms with van der Waals surface area (Å²) in [5.41, 5.74) is 0.436. The van der Waals surface area contributed by atoms with Gasteiger partial charge in [-0.05, 0) is 30.5 Å². The third kappa shape index (κ3) is 1.82. The van der Waals surface area contributed by atoms with Crippen LogP contribution in [0.3, 0.4) is 0 Å². The van der Waals surface area contributed by atoms with Crippen LogP contribution in [0.15, 0.2) is 36.4 Å². The van der Waals surface area contributed by atoms with Gasteiger partial charge in [-0.2, -0.15) is 0 Å². The Balaban J connectivity index is 1.92. The Hall–Kier alpha value is -2.43. The summed E-state index contributed by atoms with van der Waals surface area (Å²) in [5, 5.41) is 10.7. The molecule has 0 aromatic heterocycles. The predicted molar refractivity (Wildman–Crippen MR) is 68.6 cm³/mol. The largest absolute Gasteiger partial charge is 0.545 e. The van der Waals surface area contributed by atoms with Crippen LogP contribution in [0.4, 0.5) is 5.69 Å². The molecular weight excluding hydrogens is 258 g/mol. The van der Waals surface area contributed by atoms with Gasteiger partial charge in [-0.15, -0.1) is 0 Å². The molecule has 1 saturated heterocycles. The van der Waals surface area contributed by atoms with Gasteiger partial charge in [0, 0.05) is 0 Å². The number of carboxylic acid groups (broad SMARTS) is 1. The molecule has 0 spiro atoms. The Morgan fingerprint density at radius 2 is 1.50 bits per heavy atom. The monoisotopic (exact) mass is 270 g/mol. The van der Waals surface area contributed by atoms with Crippen LogP contribution in [0, 0.1) is 11.8 Å². The number of amides is 2. The third-order valence-corrected chi connectivity index (χ3v) is 3.87. The summed E-state index contributed by atoms with van der Waals surface area (Å²) in [7, 11) is 0. The van der Waals surface area contributed by atoms with Gasteiger partial charge in [0.2, 0.25) is 11.8 Å². The maximum absolute atomic E-state index is 12.3. The lowest BCUT2D eigenvalue weighted by molar-refractivity contribution is -0.255. The molecule has 1 aromatic carbocycles. The first-order valence-corrected chi connectivity index (χ1v) is 6.44. The highest BCUT2D eigenvalue weighted by atomic mass is 16.4. The Labute approximate surface area is 115 Å². The first-order valence-electron chi connectivity index (χ1n) is 6.44. The molecule has 5 heteroatoms. The molecule has 20 heavy (non-hydrogen) atoms. The van der Waals surface area contributed by atoms with Gasteiger partial charge < -0.3 is 9.90 Å². The van der Waals surface area contributed by atoms with Crippen LogP contribution in [0.2, 0.25) is 0 Å². The van der Waals surface area contributed by atoms with Gasteiger partial charge in [0.25, 0.3) is 0 Å². The van der Waals surface area contributed by atoms with Gasteiger partial charge in [-0.3, -0.25) is 14.5 Å². The smallest absolute Gasteiger partial charge is 0.238 e. The second-order valence-corrected chi connectivity index (χ2v) is 5.00. The van der Waals surface area contributed by atoms with E-state index in [9.17, 15) is 19.5 Å². The average Bonchev–Trinajstić information content (AvgIpc) is 2.72. The number of aromatic carboxylic acids is 1. The quantitative estimate of drug-likeness (QED) is 0.579. The zero-order chi connectivity index (χ0) is 14.3. The summed E-state index contributed by atoms with van der Waals surface area (Å²) >= 11 is 0. The van der Waals surface area contributed by atoms with E-state index < -0.39 is 5.97 Å². The molecule has 0 radical (unpaired) electrons. The van der Waals surface area contributed by atoms with E-state index in [1.165, 1.54) is 29.2 Å². The van der Waals surface area contributed by atoms with Gasteiger partial charge in [-0.1, -0.05) is 24.3 Å². The van der Waals surface area contributed by atoms with E-state index in [1.54, 1.807) is 0 Å². The number of rotatable bonds is 2. The minimum atomic E-state index is -1.28. The summed E-state index contributed by atoms with van der Waals surface area (Å²) in [6.07, 6.45) is 5.02. The van der Waals surface area contributed by atoms with Crippen LogP contribution in [-0.4, -0.2) is 17.8 Å². The number of nitrogens with zero attached hydrogens (tertiary/aromatic N) is 1. The Kier molecular flexibility index (Phi) is 2.89. The standard InChI is InChI=1S/C15H13NO4/c17-13-11-3-1-2-4-12(11)14(18)16(13)10-7-5-9(6-8-10)15(19)20/h1-2,5-8,11-12H,3-4H2,(H,19,20)/p-1/t11-,12-/m1/s1. The maximum Gasteiger partial charge on any atom is 0.238 e. The van der Waals surface area contributed by atoms with Crippen LogP contribution in [0.5, 0.6) is 0 Å². The van der Waals surface area contributed by atoms with Crippen LogP contribution in [0.25, 0.3) is 0 Å². The summed E-state index contributed by atoms with van der Waals surface area (Å²) in [5.74, 6) is -2.26. The number of hydrogen-bond acceptors (Lipinski definition) is 4. The molecule has 1 heterocycles. The zero-order valence-electron chi connectivity index (χ0n) is 10.6. The van der Waals surface area contributed by atoms with E-state index in [2.05, 4.69) is 0 Å². The van der Waals surface area contributed by atoms with Gasteiger partial charge in [-0.25, -0.2) is 0 Å². The second kappa shape index (κ2) is 4.59. The molecule has 0 unspecified atom stereocenters. The Morgan fingerprint density at radius 3 is 1.95 bits per heavy atom. The van der Waals surface area contributed by atoms with E-state index in [0.717, 1.165) is 0 Å². The van der Waals surface area contributed by atoms with E-state index in [4.69, 9.17) is 0 Å². The maximum atomic E-state index is 12.3. The predicted octanol–water partition coefficient (Wildman–Crippen LogP) is 0.506. The van der Waals surface area contributed by atoms with Crippen molar-refractivity contribution in [3.8, 4) is 0 Å². The van der Waals surface area contributed by atoms with Crippen molar-refractivity contribution in [3.63, 3.8) is 0 Å². The molecule has 3 rings (SSSR count). The van der Waals surface area contributed by atoms with E-state index in [-0.39, 0.29) is 29.2 Å². The molecule has 1 aliphatic carbocycles. The van der Waals surface area contributed by atoms with Gasteiger partial charge >= 0.3 is 0 Å². The number of carbonyl (C=O) groups excluding carboxylic acids is 3. The fourth-order valence-corrected chi connectivity index (χ4v) is 2.80. The molecule has 0 bridgehead atoms. The van der Waals surface area contributed by atoms with Crippen molar-refractivity contribution in [3.05, 3.63) is 42.0 Å². The number of anilines is 1. The molecule has 2 atom stereocenters. The van der Waals surface area contributed by atoms with Gasteiger partial charge in [0.15, 0.2) is 0 Å². The Morgan fingerprint density at radius 1 is 1.00 bits per heavy atom. The highest BCUT2D eigenvalue weighted by Gasteiger charge is 2.47. The van der Waals surface area contributed by atoms with Crippen molar-refractivity contribution in [2.45, 2.75) is 12.8 Å². The fraction of sp³-hybridized carbons (Fsp3) is 0.267. The van der Waals surface area contributed by atoms with Crippen LogP contribution in [0.1, 0.15) is 23.2 Å². The van der Waals surface area contributed by atoms with Crippen molar-refractivity contribution < 1.29 is 19.5 Å². The Bertz CT molecular complexity index is 591. The average molecular weight is 270 g/mol. The first kappa shape index (κ1) is 12.6. The third-order valence-electron chi connectivity index (χ3n) is 3.87. The minimum Gasteiger partial charge on any atom is -0.545 e. The summed E-state index contributed by atoms with van der Waals surface area (Å²) < 4.78 is 0. The molecule has 1 aromatic rings. The normalized spacial score (nSPS) is 24.9. The lowest BCUT2D eigenvalue weighted by Crippen LogP contribution is -2.31. The lowest BCUT2D eigenvalue weighted by Gasteiger charge is -2.15. The molecule has 1 fully saturated rings. The van der Waals surface area contributed by atoms with Crippen molar-refractivity contribution >= 4 is 23.5 Å². The molecule has 2 aliphatic rings. The second-order valence-electron chi connectivity index (χ2n) is 5.00. The van der Waals surface area contributed by atoms with Gasteiger partial charge in [0.05, 0.1) is 23.5 Å². The first-order chi connectivity index (χ1) is 9.59. The lowest BCUT2D eigenvalue weighted by atomic mass is 9.85. The number of carbonyl (C=O) groups is 3. The van der Waals surface area contributed by atoms with E-state index >= 15 is 0 Å². The zero-order valence-corrected chi connectivity index (χ0v) is 10.6. The van der Waals surface area contributed by atoms with Gasteiger partial charge in [0.1, 0.15) is 0 Å². The van der Waals surface area contributed by atoms with Crippen LogP contribution in [-0.2, 0) is 9.59 Å². The van der Waals surface area contributed by atoms with Crippen molar-refractivity contribution in [2.75, 3.05) is 4.90 Å². The van der Waals surface area contributed by atoms with Crippen molar-refractivity contribution in [2.24, 2.45) is 11.8 Å². The van der Waals surface area contributed by atoms with Crippen LogP contribution < -0.4 is 10.0 Å². The number of imide groups is 1. The number of fused-ring (bicyclic) bond motifs is 1. The van der Waals surface area contributed by atoms with Crippen molar-refractivity contribution in [1.82, 2.24) is 0 Å². The minimum absolute atomic E-state index is 0.0203. The summed E-state index contributed by atoms with van der Waals surface area (Å²) in [6.45, 7) is 0. The molecule has 5 nitrogen and oxygen atoms in total. The van der Waals surface area contributed by atoms with Crippen molar-refractivity contribution in [1.29, 1.82) is 0 Å². The topological polar surface area (TPSA) is 77.5 Å². The molecule has 0 saturated carbocycles. The number of carboxylic acids is 1. The highest BCUT2D eigenvalue weighted by Crippen LogP contribution is 2.37. The number of benzene rings is 1. The van der Waals surface area contributed by atoms with Crippen LogP contribution >= 0.6 is 0 Å². The van der Waals surface area contributed by atoms with E-state index in [1.807, 2.05) is 12.2 Å². The number of allylic oxidation sites excluding steroid dienone is 2.